The number of amides is 2. The number of carbonyl (C=O) groups excluding carboxylic acids is 2. The molecule has 0 bridgehead atoms. The highest BCUT2D eigenvalue weighted by Crippen LogP contribution is 2.16. The van der Waals surface area contributed by atoms with Crippen molar-refractivity contribution in [3.05, 3.63) is 101 Å². The molecule has 4 nitrogen and oxygen atoms in total. The van der Waals surface area contributed by atoms with Crippen LogP contribution in [-0.4, -0.2) is 18.4 Å². The first-order valence-electron chi connectivity index (χ1n) is 9.08. The van der Waals surface area contributed by atoms with Crippen molar-refractivity contribution in [2.24, 2.45) is 0 Å². The van der Waals surface area contributed by atoms with Crippen molar-refractivity contribution in [3.63, 3.8) is 0 Å². The summed E-state index contributed by atoms with van der Waals surface area (Å²) < 4.78 is 13.7. The quantitative estimate of drug-likeness (QED) is 0.655. The number of hydrogen-bond donors (Lipinski definition) is 2. The van der Waals surface area contributed by atoms with Gasteiger partial charge < -0.3 is 10.6 Å². The molecule has 0 aliphatic rings. The number of carbonyl (C=O) groups is 2. The summed E-state index contributed by atoms with van der Waals surface area (Å²) in [6.07, 6.45) is 0.616. The molecular formula is C23H21FN2O2. The highest BCUT2D eigenvalue weighted by molar-refractivity contribution is 6.04. The third-order valence-corrected chi connectivity index (χ3v) is 4.30. The summed E-state index contributed by atoms with van der Waals surface area (Å²) in [6, 6.07) is 22.8. The Kier molecular flexibility index (Phi) is 6.52. The second-order valence-corrected chi connectivity index (χ2v) is 6.35. The van der Waals surface area contributed by atoms with Crippen LogP contribution in [0.1, 0.15) is 21.5 Å². The van der Waals surface area contributed by atoms with E-state index in [1.807, 2.05) is 30.3 Å². The number of nitrogens with one attached hydrogen (secondary N) is 2. The normalized spacial score (nSPS) is 10.3. The summed E-state index contributed by atoms with van der Waals surface area (Å²) in [6.45, 7) is 0.486. The Labute approximate surface area is 163 Å². The highest BCUT2D eigenvalue weighted by atomic mass is 19.1. The molecular weight excluding hydrogens is 355 g/mol. The van der Waals surface area contributed by atoms with Crippen LogP contribution in [0.15, 0.2) is 78.9 Å². The molecule has 3 aromatic rings. The average Bonchev–Trinajstić information content (AvgIpc) is 2.71. The predicted octanol–water partition coefficient (Wildman–Crippen LogP) is 3.98. The first kappa shape index (κ1) is 19.3. The molecule has 0 fully saturated rings. The number of rotatable bonds is 7. The minimum absolute atomic E-state index is 0.101. The Morgan fingerprint density at radius 2 is 1.50 bits per heavy atom. The van der Waals surface area contributed by atoms with Crippen molar-refractivity contribution < 1.29 is 14.0 Å². The Balaban J connectivity index is 1.61. The molecule has 2 amide bonds. The van der Waals surface area contributed by atoms with E-state index in [1.54, 1.807) is 42.5 Å². The molecule has 0 heterocycles. The van der Waals surface area contributed by atoms with Gasteiger partial charge >= 0.3 is 0 Å². The standard InChI is InChI=1S/C23H21FN2O2/c24-20-12-6-4-10-18(20)16-22(27)26-21-13-7-5-11-19(21)23(28)25-15-14-17-8-2-1-3-9-17/h1-13H,14-16H2,(H,25,28)(H,26,27). The minimum atomic E-state index is -0.426. The minimum Gasteiger partial charge on any atom is -0.352 e. The average molecular weight is 376 g/mol. The van der Waals surface area contributed by atoms with Gasteiger partial charge in [0.25, 0.3) is 5.91 Å². The van der Waals surface area contributed by atoms with E-state index >= 15 is 0 Å². The maximum atomic E-state index is 13.7. The first-order chi connectivity index (χ1) is 13.6. The van der Waals surface area contributed by atoms with Crippen LogP contribution in [0.4, 0.5) is 10.1 Å². The summed E-state index contributed by atoms with van der Waals surface area (Å²) in [4.78, 5) is 24.8. The SMILES string of the molecule is O=C(Cc1ccccc1F)Nc1ccccc1C(=O)NCCc1ccccc1. The van der Waals surface area contributed by atoms with Crippen LogP contribution in [0.3, 0.4) is 0 Å². The van der Waals surface area contributed by atoms with Gasteiger partial charge in [0.15, 0.2) is 0 Å². The van der Waals surface area contributed by atoms with Gasteiger partial charge in [-0.1, -0.05) is 60.7 Å². The first-order valence-corrected chi connectivity index (χ1v) is 9.08. The van der Waals surface area contributed by atoms with Crippen molar-refractivity contribution in [3.8, 4) is 0 Å². The molecule has 0 radical (unpaired) electrons. The van der Waals surface area contributed by atoms with Crippen molar-refractivity contribution >= 4 is 17.5 Å². The molecule has 0 spiro atoms. The molecule has 3 aromatic carbocycles. The molecule has 0 aliphatic carbocycles. The number of para-hydroxylation sites is 1. The molecule has 3 rings (SSSR count). The van der Waals surface area contributed by atoms with Crippen LogP contribution >= 0.6 is 0 Å². The molecule has 0 unspecified atom stereocenters. The highest BCUT2D eigenvalue weighted by Gasteiger charge is 2.14. The lowest BCUT2D eigenvalue weighted by Crippen LogP contribution is -2.27. The van der Waals surface area contributed by atoms with Gasteiger partial charge in [-0.15, -0.1) is 0 Å². The van der Waals surface area contributed by atoms with E-state index in [4.69, 9.17) is 0 Å². The summed E-state index contributed by atoms with van der Waals surface area (Å²) >= 11 is 0. The second-order valence-electron chi connectivity index (χ2n) is 6.35. The third kappa shape index (κ3) is 5.27. The number of halogens is 1. The molecule has 0 aromatic heterocycles. The van der Waals surface area contributed by atoms with Crippen molar-refractivity contribution in [2.75, 3.05) is 11.9 Å². The fraction of sp³-hybridized carbons (Fsp3) is 0.130. The Morgan fingerprint density at radius 1 is 0.821 bits per heavy atom. The molecule has 28 heavy (non-hydrogen) atoms. The van der Waals surface area contributed by atoms with Gasteiger partial charge in [0.05, 0.1) is 17.7 Å². The van der Waals surface area contributed by atoms with E-state index in [0.717, 1.165) is 5.56 Å². The summed E-state index contributed by atoms with van der Waals surface area (Å²) in [5.41, 5.74) is 2.22. The van der Waals surface area contributed by atoms with Gasteiger partial charge in [0.2, 0.25) is 5.91 Å². The van der Waals surface area contributed by atoms with E-state index < -0.39 is 5.82 Å². The lowest BCUT2D eigenvalue weighted by atomic mass is 10.1. The molecule has 142 valence electrons. The number of anilines is 1. The Morgan fingerprint density at radius 3 is 2.29 bits per heavy atom. The van der Waals surface area contributed by atoms with Crippen molar-refractivity contribution in [1.29, 1.82) is 0 Å². The zero-order chi connectivity index (χ0) is 19.8. The fourth-order valence-electron chi connectivity index (χ4n) is 2.86. The van der Waals surface area contributed by atoms with Crippen LogP contribution < -0.4 is 10.6 Å². The van der Waals surface area contributed by atoms with Gasteiger partial charge in [0, 0.05) is 6.54 Å². The summed E-state index contributed by atoms with van der Waals surface area (Å²) in [5, 5.41) is 5.58. The summed E-state index contributed by atoms with van der Waals surface area (Å²) in [5.74, 6) is -1.07. The third-order valence-electron chi connectivity index (χ3n) is 4.30. The van der Waals surface area contributed by atoms with E-state index in [9.17, 15) is 14.0 Å². The largest absolute Gasteiger partial charge is 0.352 e. The monoisotopic (exact) mass is 376 g/mol. The van der Waals surface area contributed by atoms with Gasteiger partial charge in [-0.25, -0.2) is 4.39 Å². The molecule has 0 aliphatic heterocycles. The zero-order valence-electron chi connectivity index (χ0n) is 15.3. The predicted molar refractivity (Wildman–Crippen MR) is 108 cm³/mol. The Bertz CT molecular complexity index is 958. The van der Waals surface area contributed by atoms with Crippen LogP contribution in [0.5, 0.6) is 0 Å². The topological polar surface area (TPSA) is 58.2 Å². The van der Waals surface area contributed by atoms with Gasteiger partial charge in [-0.2, -0.15) is 0 Å². The summed E-state index contributed by atoms with van der Waals surface area (Å²) in [7, 11) is 0. The maximum absolute atomic E-state index is 13.7. The smallest absolute Gasteiger partial charge is 0.253 e. The van der Waals surface area contributed by atoms with Crippen molar-refractivity contribution in [1.82, 2.24) is 5.32 Å². The second kappa shape index (κ2) is 9.46. The van der Waals surface area contributed by atoms with Gasteiger partial charge in [-0.05, 0) is 35.7 Å². The number of hydrogen-bond acceptors (Lipinski definition) is 2. The lowest BCUT2D eigenvalue weighted by Gasteiger charge is -2.12. The van der Waals surface area contributed by atoms with Crippen LogP contribution in [0, 0.1) is 5.82 Å². The van der Waals surface area contributed by atoms with Gasteiger partial charge in [0.1, 0.15) is 5.82 Å². The van der Waals surface area contributed by atoms with Crippen LogP contribution in [0.2, 0.25) is 0 Å². The fourth-order valence-corrected chi connectivity index (χ4v) is 2.86. The van der Waals surface area contributed by atoms with Crippen molar-refractivity contribution in [2.45, 2.75) is 12.8 Å². The van der Waals surface area contributed by atoms with Crippen LogP contribution in [-0.2, 0) is 17.6 Å². The van der Waals surface area contributed by atoms with Gasteiger partial charge in [-0.3, -0.25) is 9.59 Å². The molecule has 2 N–H and O–H groups in total. The van der Waals surface area contributed by atoms with E-state index in [0.29, 0.717) is 29.8 Å². The molecule has 0 saturated carbocycles. The molecule has 0 saturated heterocycles. The van der Waals surface area contributed by atoms with Crippen LogP contribution in [0.25, 0.3) is 0 Å². The molecule has 0 atom stereocenters. The number of benzene rings is 3. The van der Waals surface area contributed by atoms with E-state index in [1.165, 1.54) is 6.07 Å². The van der Waals surface area contributed by atoms with E-state index in [2.05, 4.69) is 10.6 Å². The lowest BCUT2D eigenvalue weighted by molar-refractivity contribution is -0.115. The maximum Gasteiger partial charge on any atom is 0.253 e. The van der Waals surface area contributed by atoms with E-state index in [-0.39, 0.29) is 18.2 Å². The zero-order valence-corrected chi connectivity index (χ0v) is 15.3. The molecule has 5 heteroatoms. The Hall–Kier alpha value is -3.47.